The van der Waals surface area contributed by atoms with Crippen LogP contribution in [0.15, 0.2) is 36.7 Å². The van der Waals surface area contributed by atoms with Crippen LogP contribution in [0.4, 0.5) is 5.82 Å². The van der Waals surface area contributed by atoms with Gasteiger partial charge in [-0.2, -0.15) is 0 Å². The Morgan fingerprint density at radius 1 is 1.11 bits per heavy atom. The predicted octanol–water partition coefficient (Wildman–Crippen LogP) is 3.57. The second kappa shape index (κ2) is 4.93. The third-order valence-electron chi connectivity index (χ3n) is 2.82. The molecule has 2 heterocycles. The van der Waals surface area contributed by atoms with Gasteiger partial charge in [-0.05, 0) is 26.0 Å². The van der Waals surface area contributed by atoms with E-state index in [4.69, 9.17) is 0 Å². The van der Waals surface area contributed by atoms with Gasteiger partial charge in [-0.1, -0.05) is 12.1 Å². The molecule has 0 saturated heterocycles. The van der Waals surface area contributed by atoms with Crippen molar-refractivity contribution in [2.45, 2.75) is 19.9 Å². The summed E-state index contributed by atoms with van der Waals surface area (Å²) in [6.07, 6.45) is 3.66. The number of nitrogens with zero attached hydrogens (tertiary/aromatic N) is 3. The van der Waals surface area contributed by atoms with E-state index in [1.165, 1.54) is 4.88 Å². The molecule has 3 rings (SSSR count). The minimum absolute atomic E-state index is 0.133. The lowest BCUT2D eigenvalue weighted by Crippen LogP contribution is -2.07. The van der Waals surface area contributed by atoms with Gasteiger partial charge < -0.3 is 5.32 Å². The minimum atomic E-state index is 0.133. The van der Waals surface area contributed by atoms with Crippen molar-refractivity contribution < 1.29 is 0 Å². The molecule has 1 N–H and O–H groups in total. The third-order valence-corrected chi connectivity index (χ3v) is 3.92. The fourth-order valence-electron chi connectivity index (χ4n) is 1.88. The van der Waals surface area contributed by atoms with Crippen molar-refractivity contribution in [2.75, 3.05) is 5.32 Å². The number of aryl methyl sites for hydroxylation is 1. The molecule has 0 aliphatic heterocycles. The lowest BCUT2D eigenvalue weighted by atomic mass is 10.3. The summed E-state index contributed by atoms with van der Waals surface area (Å²) in [5, 5.41) is 4.40. The first-order valence-corrected chi connectivity index (χ1v) is 6.94. The number of benzene rings is 1. The standard InChI is InChI=1S/C14H14N4S/c1-9-7-16-14(19-9)10(2)17-13-8-15-11-5-3-4-6-12(11)18-13/h3-8,10H,1-2H3,(H,17,18). The SMILES string of the molecule is Cc1cnc(C(C)Nc2cnc3ccccc3n2)s1. The second-order valence-corrected chi connectivity index (χ2v) is 5.69. The molecule has 2 aromatic heterocycles. The number of para-hydroxylation sites is 2. The monoisotopic (exact) mass is 270 g/mol. The highest BCUT2D eigenvalue weighted by Crippen LogP contribution is 2.22. The molecule has 0 aliphatic carbocycles. The zero-order valence-electron chi connectivity index (χ0n) is 10.8. The molecular formula is C14H14N4S. The highest BCUT2D eigenvalue weighted by molar-refractivity contribution is 7.11. The van der Waals surface area contributed by atoms with Gasteiger partial charge in [-0.15, -0.1) is 11.3 Å². The maximum Gasteiger partial charge on any atom is 0.145 e. The van der Waals surface area contributed by atoms with Gasteiger partial charge in [-0.25, -0.2) is 9.97 Å². The van der Waals surface area contributed by atoms with Crippen LogP contribution in [0.5, 0.6) is 0 Å². The quantitative estimate of drug-likeness (QED) is 0.790. The number of thiazole rings is 1. The van der Waals surface area contributed by atoms with E-state index in [0.29, 0.717) is 0 Å². The second-order valence-electron chi connectivity index (χ2n) is 4.42. The lowest BCUT2D eigenvalue weighted by Gasteiger charge is -2.11. The molecule has 1 atom stereocenters. The summed E-state index contributed by atoms with van der Waals surface area (Å²) < 4.78 is 0. The summed E-state index contributed by atoms with van der Waals surface area (Å²) in [6, 6.07) is 7.99. The first kappa shape index (κ1) is 12.0. The Morgan fingerprint density at radius 3 is 2.63 bits per heavy atom. The molecule has 0 amide bonds. The number of hydrogen-bond acceptors (Lipinski definition) is 5. The highest BCUT2D eigenvalue weighted by Gasteiger charge is 2.10. The van der Waals surface area contributed by atoms with Crippen molar-refractivity contribution in [3.8, 4) is 0 Å². The fraction of sp³-hybridized carbons (Fsp3) is 0.214. The van der Waals surface area contributed by atoms with Crippen LogP contribution in [0.2, 0.25) is 0 Å². The van der Waals surface area contributed by atoms with Crippen LogP contribution < -0.4 is 5.32 Å². The number of hydrogen-bond donors (Lipinski definition) is 1. The number of aromatic nitrogens is 3. The molecule has 0 spiro atoms. The van der Waals surface area contributed by atoms with Gasteiger partial charge in [0.15, 0.2) is 0 Å². The smallest absolute Gasteiger partial charge is 0.145 e. The first-order valence-electron chi connectivity index (χ1n) is 6.13. The molecule has 0 fully saturated rings. The van der Waals surface area contributed by atoms with Crippen molar-refractivity contribution >= 4 is 28.2 Å². The van der Waals surface area contributed by atoms with Gasteiger partial charge in [0.1, 0.15) is 10.8 Å². The maximum absolute atomic E-state index is 4.55. The molecular weight excluding hydrogens is 256 g/mol. The van der Waals surface area contributed by atoms with Crippen LogP contribution in [0.25, 0.3) is 11.0 Å². The van der Waals surface area contributed by atoms with Crippen LogP contribution in [-0.4, -0.2) is 15.0 Å². The predicted molar refractivity (Wildman–Crippen MR) is 78.4 cm³/mol. The summed E-state index contributed by atoms with van der Waals surface area (Å²) in [5.41, 5.74) is 1.81. The highest BCUT2D eigenvalue weighted by atomic mass is 32.1. The van der Waals surface area contributed by atoms with Crippen molar-refractivity contribution in [3.63, 3.8) is 0 Å². The Morgan fingerprint density at radius 2 is 1.89 bits per heavy atom. The van der Waals surface area contributed by atoms with Gasteiger partial charge in [0, 0.05) is 11.1 Å². The van der Waals surface area contributed by atoms with E-state index < -0.39 is 0 Å². The molecule has 1 aromatic carbocycles. The van der Waals surface area contributed by atoms with Crippen molar-refractivity contribution in [1.29, 1.82) is 0 Å². The average molecular weight is 270 g/mol. The third kappa shape index (κ3) is 2.56. The summed E-state index contributed by atoms with van der Waals surface area (Å²) in [6.45, 7) is 4.14. The van der Waals surface area contributed by atoms with Crippen LogP contribution in [0.1, 0.15) is 22.9 Å². The van der Waals surface area contributed by atoms with E-state index in [-0.39, 0.29) is 6.04 Å². The number of nitrogens with one attached hydrogen (secondary N) is 1. The summed E-state index contributed by atoms with van der Waals surface area (Å²) >= 11 is 1.70. The number of rotatable bonds is 3. The molecule has 96 valence electrons. The van der Waals surface area contributed by atoms with E-state index in [1.54, 1.807) is 17.5 Å². The molecule has 1 unspecified atom stereocenters. The molecule has 0 radical (unpaired) electrons. The van der Waals surface area contributed by atoms with Crippen LogP contribution in [0.3, 0.4) is 0 Å². The van der Waals surface area contributed by atoms with Crippen molar-refractivity contribution in [3.05, 3.63) is 46.5 Å². The fourth-order valence-corrected chi connectivity index (χ4v) is 2.66. The minimum Gasteiger partial charge on any atom is -0.360 e. The number of anilines is 1. The van der Waals surface area contributed by atoms with Gasteiger partial charge in [0.2, 0.25) is 0 Å². The van der Waals surface area contributed by atoms with Gasteiger partial charge in [0.25, 0.3) is 0 Å². The van der Waals surface area contributed by atoms with Crippen LogP contribution >= 0.6 is 11.3 Å². The van der Waals surface area contributed by atoms with Gasteiger partial charge in [0.05, 0.1) is 23.3 Å². The zero-order chi connectivity index (χ0) is 13.2. The Bertz CT molecular complexity index is 707. The van der Waals surface area contributed by atoms with Gasteiger partial charge >= 0.3 is 0 Å². The Kier molecular flexibility index (Phi) is 3.13. The van der Waals surface area contributed by atoms with E-state index in [1.807, 2.05) is 30.5 Å². The molecule has 5 heteroatoms. The van der Waals surface area contributed by atoms with Crippen LogP contribution in [-0.2, 0) is 0 Å². The first-order chi connectivity index (χ1) is 9.22. The molecule has 19 heavy (non-hydrogen) atoms. The Balaban J connectivity index is 1.84. The van der Waals surface area contributed by atoms with E-state index in [9.17, 15) is 0 Å². The topological polar surface area (TPSA) is 50.7 Å². The number of fused-ring (bicyclic) bond motifs is 1. The van der Waals surface area contributed by atoms with E-state index in [2.05, 4.69) is 34.1 Å². The van der Waals surface area contributed by atoms with E-state index in [0.717, 1.165) is 21.9 Å². The Labute approximate surface area is 115 Å². The maximum atomic E-state index is 4.55. The normalized spacial score (nSPS) is 12.5. The van der Waals surface area contributed by atoms with Crippen LogP contribution in [0, 0.1) is 6.92 Å². The lowest BCUT2D eigenvalue weighted by molar-refractivity contribution is 0.860. The molecule has 3 aromatic rings. The zero-order valence-corrected chi connectivity index (χ0v) is 11.6. The molecule has 4 nitrogen and oxygen atoms in total. The largest absolute Gasteiger partial charge is 0.360 e. The van der Waals surface area contributed by atoms with E-state index >= 15 is 0 Å². The molecule has 0 saturated carbocycles. The molecule has 0 aliphatic rings. The Hall–Kier alpha value is -2.01. The van der Waals surface area contributed by atoms with Crippen molar-refractivity contribution in [2.24, 2.45) is 0 Å². The average Bonchev–Trinajstić information content (AvgIpc) is 2.85. The summed E-state index contributed by atoms with van der Waals surface area (Å²) in [7, 11) is 0. The summed E-state index contributed by atoms with van der Waals surface area (Å²) in [5.74, 6) is 0.777. The van der Waals surface area contributed by atoms with Crippen molar-refractivity contribution in [1.82, 2.24) is 15.0 Å². The molecule has 0 bridgehead atoms. The summed E-state index contributed by atoms with van der Waals surface area (Å²) in [4.78, 5) is 14.5. The van der Waals surface area contributed by atoms with Gasteiger partial charge in [-0.3, -0.25) is 4.98 Å².